The van der Waals surface area contributed by atoms with Crippen molar-refractivity contribution >= 4 is 39.1 Å². The highest BCUT2D eigenvalue weighted by Crippen LogP contribution is 2.27. The minimum absolute atomic E-state index is 0.118. The average Bonchev–Trinajstić information content (AvgIpc) is 2.49. The Hall–Kier alpha value is -1.24. The van der Waals surface area contributed by atoms with Crippen LogP contribution in [0.2, 0.25) is 5.02 Å². The SMILES string of the molecule is CSc1ccc(S(=O)(=O)N(C)c2ccc(F)c(Cl)c2)cc1. The van der Waals surface area contributed by atoms with Crippen LogP contribution in [0.15, 0.2) is 52.3 Å². The van der Waals surface area contributed by atoms with E-state index < -0.39 is 15.8 Å². The predicted octanol–water partition coefficient (Wildman–Crippen LogP) is 4.03. The smallest absolute Gasteiger partial charge is 0.264 e. The molecule has 0 radical (unpaired) electrons. The van der Waals surface area contributed by atoms with Crippen LogP contribution in [0.5, 0.6) is 0 Å². The van der Waals surface area contributed by atoms with Crippen LogP contribution in [-0.4, -0.2) is 21.7 Å². The van der Waals surface area contributed by atoms with Gasteiger partial charge in [0.1, 0.15) is 5.82 Å². The van der Waals surface area contributed by atoms with Gasteiger partial charge in [0.25, 0.3) is 10.0 Å². The maximum absolute atomic E-state index is 13.2. The molecule has 0 bridgehead atoms. The number of hydrogen-bond acceptors (Lipinski definition) is 3. The average molecular weight is 346 g/mol. The molecule has 0 fully saturated rings. The van der Waals surface area contributed by atoms with E-state index in [1.807, 2.05) is 6.26 Å². The molecule has 2 rings (SSSR count). The highest BCUT2D eigenvalue weighted by atomic mass is 35.5. The minimum Gasteiger partial charge on any atom is -0.269 e. The lowest BCUT2D eigenvalue weighted by Crippen LogP contribution is -2.26. The van der Waals surface area contributed by atoms with E-state index in [2.05, 4.69) is 0 Å². The van der Waals surface area contributed by atoms with Crippen LogP contribution < -0.4 is 4.31 Å². The zero-order valence-electron chi connectivity index (χ0n) is 11.4. The van der Waals surface area contributed by atoms with Gasteiger partial charge in [-0.3, -0.25) is 4.31 Å². The van der Waals surface area contributed by atoms with E-state index in [1.54, 1.807) is 24.3 Å². The maximum Gasteiger partial charge on any atom is 0.264 e. The highest BCUT2D eigenvalue weighted by molar-refractivity contribution is 7.98. The fourth-order valence-corrected chi connectivity index (χ4v) is 3.50. The summed E-state index contributed by atoms with van der Waals surface area (Å²) in [7, 11) is -2.30. The Bertz CT molecular complexity index is 748. The molecule has 0 aliphatic rings. The summed E-state index contributed by atoms with van der Waals surface area (Å²) in [5.41, 5.74) is 0.301. The standard InChI is InChI=1S/C14H13ClFNO2S2/c1-17(10-3-8-14(16)13(15)9-10)21(18,19)12-6-4-11(20-2)5-7-12/h3-9H,1-2H3. The fraction of sp³-hybridized carbons (Fsp3) is 0.143. The molecule has 0 saturated heterocycles. The number of nitrogens with zero attached hydrogens (tertiary/aromatic N) is 1. The molecule has 0 spiro atoms. The first-order valence-corrected chi connectivity index (χ1v) is 8.98. The third-order valence-corrected chi connectivity index (χ3v) is 5.82. The van der Waals surface area contributed by atoms with Crippen molar-refractivity contribution in [3.63, 3.8) is 0 Å². The van der Waals surface area contributed by atoms with Gasteiger partial charge < -0.3 is 0 Å². The molecular weight excluding hydrogens is 333 g/mol. The van der Waals surface area contributed by atoms with Gasteiger partial charge >= 0.3 is 0 Å². The summed E-state index contributed by atoms with van der Waals surface area (Å²) >= 11 is 7.22. The third kappa shape index (κ3) is 3.33. The quantitative estimate of drug-likeness (QED) is 0.785. The summed E-state index contributed by atoms with van der Waals surface area (Å²) in [6.45, 7) is 0. The second kappa shape index (κ2) is 6.25. The van der Waals surface area contributed by atoms with Gasteiger partial charge in [0, 0.05) is 11.9 Å². The Morgan fingerprint density at radius 3 is 2.29 bits per heavy atom. The summed E-state index contributed by atoms with van der Waals surface area (Å²) < 4.78 is 39.3. The van der Waals surface area contributed by atoms with Crippen molar-refractivity contribution in [1.29, 1.82) is 0 Å². The monoisotopic (exact) mass is 345 g/mol. The molecule has 0 aliphatic carbocycles. The highest BCUT2D eigenvalue weighted by Gasteiger charge is 2.21. The van der Waals surface area contributed by atoms with Crippen LogP contribution in [0.25, 0.3) is 0 Å². The van der Waals surface area contributed by atoms with Crippen molar-refractivity contribution in [2.24, 2.45) is 0 Å². The normalized spacial score (nSPS) is 11.4. The molecular formula is C14H13ClFNO2S2. The van der Waals surface area contributed by atoms with Crippen molar-refractivity contribution in [2.75, 3.05) is 17.6 Å². The van der Waals surface area contributed by atoms with E-state index in [4.69, 9.17) is 11.6 Å². The van der Waals surface area contributed by atoms with E-state index >= 15 is 0 Å². The van der Waals surface area contributed by atoms with Crippen LogP contribution in [0, 0.1) is 5.82 Å². The molecule has 0 aliphatic heterocycles. The van der Waals surface area contributed by atoms with Crippen molar-refractivity contribution < 1.29 is 12.8 Å². The van der Waals surface area contributed by atoms with Crippen LogP contribution >= 0.6 is 23.4 Å². The molecule has 0 unspecified atom stereocenters. The van der Waals surface area contributed by atoms with Crippen molar-refractivity contribution in [3.05, 3.63) is 53.3 Å². The van der Waals surface area contributed by atoms with Crippen molar-refractivity contribution in [2.45, 2.75) is 9.79 Å². The molecule has 3 nitrogen and oxygen atoms in total. The number of sulfonamides is 1. The first-order chi connectivity index (χ1) is 9.86. The second-order valence-electron chi connectivity index (χ2n) is 4.25. The second-order valence-corrected chi connectivity index (χ2v) is 7.50. The lowest BCUT2D eigenvalue weighted by Gasteiger charge is -2.20. The molecule has 0 N–H and O–H groups in total. The van der Waals surface area contributed by atoms with Gasteiger partial charge in [0.05, 0.1) is 15.6 Å². The van der Waals surface area contributed by atoms with Gasteiger partial charge in [-0.05, 0) is 48.7 Å². The number of benzene rings is 2. The van der Waals surface area contributed by atoms with Crippen LogP contribution in [0.1, 0.15) is 0 Å². The van der Waals surface area contributed by atoms with E-state index in [1.165, 1.54) is 30.9 Å². The Kier molecular flexibility index (Phi) is 4.81. The van der Waals surface area contributed by atoms with E-state index in [0.29, 0.717) is 5.69 Å². The molecule has 0 saturated carbocycles. The Morgan fingerprint density at radius 1 is 1.14 bits per heavy atom. The fourth-order valence-electron chi connectivity index (χ4n) is 1.73. The number of anilines is 1. The lowest BCUT2D eigenvalue weighted by molar-refractivity contribution is 0.594. The summed E-state index contributed by atoms with van der Waals surface area (Å²) in [6, 6.07) is 10.4. The zero-order chi connectivity index (χ0) is 15.6. The zero-order valence-corrected chi connectivity index (χ0v) is 13.8. The maximum atomic E-state index is 13.2. The molecule has 2 aromatic carbocycles. The van der Waals surface area contributed by atoms with E-state index in [0.717, 1.165) is 15.3 Å². The Morgan fingerprint density at radius 2 is 1.76 bits per heavy atom. The van der Waals surface area contributed by atoms with Crippen LogP contribution in [0.4, 0.5) is 10.1 Å². The molecule has 2 aromatic rings. The van der Waals surface area contributed by atoms with Gasteiger partial charge in [-0.2, -0.15) is 0 Å². The summed E-state index contributed by atoms with van der Waals surface area (Å²) in [5, 5.41) is -0.118. The summed E-state index contributed by atoms with van der Waals surface area (Å²) in [4.78, 5) is 1.14. The first-order valence-electron chi connectivity index (χ1n) is 5.94. The van der Waals surface area contributed by atoms with Crippen molar-refractivity contribution in [3.8, 4) is 0 Å². The predicted molar refractivity (Wildman–Crippen MR) is 85.2 cm³/mol. The van der Waals surface area contributed by atoms with Crippen LogP contribution in [-0.2, 0) is 10.0 Å². The summed E-state index contributed by atoms with van der Waals surface area (Å²) in [5.74, 6) is -0.587. The van der Waals surface area contributed by atoms with Crippen LogP contribution in [0.3, 0.4) is 0 Å². The van der Waals surface area contributed by atoms with E-state index in [9.17, 15) is 12.8 Å². The minimum atomic E-state index is -3.70. The molecule has 0 atom stereocenters. The largest absolute Gasteiger partial charge is 0.269 e. The van der Waals surface area contributed by atoms with E-state index in [-0.39, 0.29) is 9.92 Å². The lowest BCUT2D eigenvalue weighted by atomic mass is 10.3. The Balaban J connectivity index is 2.39. The van der Waals surface area contributed by atoms with Gasteiger partial charge in [-0.1, -0.05) is 11.6 Å². The first kappa shape index (κ1) is 16.1. The number of halogens is 2. The van der Waals surface area contributed by atoms with Gasteiger partial charge in [-0.25, -0.2) is 12.8 Å². The number of thioether (sulfide) groups is 1. The summed E-state index contributed by atoms with van der Waals surface area (Å²) in [6.07, 6.45) is 1.91. The topological polar surface area (TPSA) is 37.4 Å². The molecule has 0 heterocycles. The van der Waals surface area contributed by atoms with Gasteiger partial charge in [0.15, 0.2) is 0 Å². The molecule has 0 amide bonds. The molecule has 0 aromatic heterocycles. The van der Waals surface area contributed by atoms with Gasteiger partial charge in [-0.15, -0.1) is 11.8 Å². The number of rotatable bonds is 4. The van der Waals surface area contributed by atoms with Crippen molar-refractivity contribution in [1.82, 2.24) is 0 Å². The third-order valence-electron chi connectivity index (χ3n) is 2.98. The number of hydrogen-bond donors (Lipinski definition) is 0. The molecule has 112 valence electrons. The molecule has 7 heteroatoms. The Labute approximate surface area is 132 Å². The molecule has 21 heavy (non-hydrogen) atoms. The van der Waals surface area contributed by atoms with Gasteiger partial charge in [0.2, 0.25) is 0 Å².